The van der Waals surface area contributed by atoms with Crippen molar-refractivity contribution in [2.24, 2.45) is 5.41 Å². The Hall–Kier alpha value is -1.85. The first-order valence-corrected chi connectivity index (χ1v) is 7.76. The predicted molar refractivity (Wildman–Crippen MR) is 87.9 cm³/mol. The number of carbonyl (C=O) groups excluding carboxylic acids is 1. The summed E-state index contributed by atoms with van der Waals surface area (Å²) in [5.74, 6) is 6.81. The first-order valence-electron chi connectivity index (χ1n) is 6.96. The molecule has 0 bridgehead atoms. The molecule has 0 aliphatic heterocycles. The summed E-state index contributed by atoms with van der Waals surface area (Å²) in [6.07, 6.45) is 0.829. The maximum atomic E-state index is 12.1. The topological polar surface area (TPSA) is 17.1 Å². The van der Waals surface area contributed by atoms with Crippen LogP contribution < -0.4 is 0 Å². The van der Waals surface area contributed by atoms with Crippen molar-refractivity contribution in [1.82, 2.24) is 0 Å². The van der Waals surface area contributed by atoms with Gasteiger partial charge < -0.3 is 0 Å². The molecule has 0 N–H and O–H groups in total. The van der Waals surface area contributed by atoms with Crippen LogP contribution in [0.5, 0.6) is 0 Å². The highest BCUT2D eigenvalue weighted by Crippen LogP contribution is 2.59. The number of hydrogen-bond acceptors (Lipinski definition) is 1. The van der Waals surface area contributed by atoms with Gasteiger partial charge in [-0.2, -0.15) is 0 Å². The first-order chi connectivity index (χ1) is 10.1. The van der Waals surface area contributed by atoms with Crippen molar-refractivity contribution in [3.05, 3.63) is 70.2 Å². The van der Waals surface area contributed by atoms with Crippen LogP contribution in [0.2, 0.25) is 0 Å². The lowest BCUT2D eigenvalue weighted by Gasteiger charge is -2.06. The summed E-state index contributed by atoms with van der Waals surface area (Å²) >= 11 is 3.41. The molecule has 3 rings (SSSR count). The minimum atomic E-state index is -0.492. The number of hydrogen-bond donors (Lipinski definition) is 0. The summed E-state index contributed by atoms with van der Waals surface area (Å²) in [6.45, 7) is 1.65. The van der Waals surface area contributed by atoms with Gasteiger partial charge in [0.15, 0.2) is 0 Å². The van der Waals surface area contributed by atoms with Gasteiger partial charge in [0.25, 0.3) is 0 Å². The van der Waals surface area contributed by atoms with E-state index in [4.69, 9.17) is 0 Å². The Morgan fingerprint density at radius 2 is 1.81 bits per heavy atom. The third-order valence-electron chi connectivity index (χ3n) is 4.07. The summed E-state index contributed by atoms with van der Waals surface area (Å²) in [5, 5.41) is 0. The van der Waals surface area contributed by atoms with Gasteiger partial charge in [0.1, 0.15) is 5.78 Å². The zero-order valence-corrected chi connectivity index (χ0v) is 13.4. The minimum Gasteiger partial charge on any atom is -0.298 e. The Bertz CT molecular complexity index is 722. The van der Waals surface area contributed by atoms with Crippen molar-refractivity contribution in [3.63, 3.8) is 0 Å². The van der Waals surface area contributed by atoms with E-state index in [0.29, 0.717) is 0 Å². The van der Waals surface area contributed by atoms with Crippen LogP contribution in [0.3, 0.4) is 0 Å². The van der Waals surface area contributed by atoms with Crippen LogP contribution >= 0.6 is 15.9 Å². The molecule has 104 valence electrons. The van der Waals surface area contributed by atoms with Gasteiger partial charge in [-0.15, -0.1) is 0 Å². The zero-order chi connectivity index (χ0) is 14.9. The van der Waals surface area contributed by atoms with Crippen molar-refractivity contribution >= 4 is 21.7 Å². The average molecular weight is 339 g/mol. The van der Waals surface area contributed by atoms with Crippen LogP contribution in [0.1, 0.15) is 30.4 Å². The summed E-state index contributed by atoms with van der Waals surface area (Å²) in [7, 11) is 0. The third-order valence-corrected chi connectivity index (χ3v) is 4.59. The second-order valence-corrected chi connectivity index (χ2v) is 6.37. The van der Waals surface area contributed by atoms with E-state index in [-0.39, 0.29) is 11.7 Å². The minimum absolute atomic E-state index is 0.168. The number of carbonyl (C=O) groups is 1. The molecule has 2 aromatic carbocycles. The van der Waals surface area contributed by atoms with E-state index in [1.807, 2.05) is 42.5 Å². The van der Waals surface area contributed by atoms with Crippen molar-refractivity contribution in [2.45, 2.75) is 19.3 Å². The van der Waals surface area contributed by atoms with Gasteiger partial charge in [-0.25, -0.2) is 0 Å². The molecule has 1 aliphatic rings. The van der Waals surface area contributed by atoms with Crippen molar-refractivity contribution in [3.8, 4) is 11.8 Å². The molecule has 2 aromatic rings. The van der Waals surface area contributed by atoms with Crippen molar-refractivity contribution in [2.75, 3.05) is 0 Å². The van der Waals surface area contributed by atoms with Crippen LogP contribution in [0.4, 0.5) is 0 Å². The third kappa shape index (κ3) is 2.80. The summed E-state index contributed by atoms with van der Waals surface area (Å²) in [4.78, 5) is 12.1. The normalized spacial score (nSPS) is 23.0. The molecule has 0 radical (unpaired) electrons. The maximum absolute atomic E-state index is 12.1. The van der Waals surface area contributed by atoms with E-state index in [0.717, 1.165) is 16.5 Å². The second-order valence-electron chi connectivity index (χ2n) is 5.45. The van der Waals surface area contributed by atoms with Crippen LogP contribution in [0.15, 0.2) is 59.1 Å². The fourth-order valence-electron chi connectivity index (χ4n) is 2.68. The number of Topliss-reactive ketones (excluding diaryl/α,β-unsaturated/α-hetero) is 1. The van der Waals surface area contributed by atoms with Crippen LogP contribution in [0, 0.1) is 17.3 Å². The van der Waals surface area contributed by atoms with Gasteiger partial charge >= 0.3 is 0 Å². The number of halogens is 1. The van der Waals surface area contributed by atoms with Gasteiger partial charge in [-0.3, -0.25) is 4.79 Å². The Morgan fingerprint density at radius 3 is 2.43 bits per heavy atom. The van der Waals surface area contributed by atoms with Crippen molar-refractivity contribution in [1.29, 1.82) is 0 Å². The lowest BCUT2D eigenvalue weighted by molar-refractivity contribution is -0.120. The molecule has 21 heavy (non-hydrogen) atoms. The van der Waals surface area contributed by atoms with Gasteiger partial charge in [-0.1, -0.05) is 58.1 Å². The molecule has 1 aliphatic carbocycles. The highest BCUT2D eigenvalue weighted by Gasteiger charge is 2.57. The lowest BCUT2D eigenvalue weighted by atomic mass is 9.95. The average Bonchev–Trinajstić information content (AvgIpc) is 3.24. The van der Waals surface area contributed by atoms with Gasteiger partial charge in [0.2, 0.25) is 0 Å². The van der Waals surface area contributed by atoms with Crippen LogP contribution in [-0.4, -0.2) is 5.78 Å². The molecule has 1 fully saturated rings. The van der Waals surface area contributed by atoms with Crippen LogP contribution in [-0.2, 0) is 4.79 Å². The Balaban J connectivity index is 1.88. The zero-order valence-electron chi connectivity index (χ0n) is 11.8. The second kappa shape index (κ2) is 5.50. The largest absolute Gasteiger partial charge is 0.298 e. The molecule has 0 spiro atoms. The monoisotopic (exact) mass is 338 g/mol. The van der Waals surface area contributed by atoms with Gasteiger partial charge in [0.05, 0.1) is 5.41 Å². The quantitative estimate of drug-likeness (QED) is 0.733. The van der Waals surface area contributed by atoms with Gasteiger partial charge in [0, 0.05) is 16.0 Å². The highest BCUT2D eigenvalue weighted by atomic mass is 79.9. The fourth-order valence-corrected chi connectivity index (χ4v) is 2.95. The SMILES string of the molecule is CC(=O)[C@]1(C#Cc2ccc(Br)cc2)C[C@H]1c1ccccc1. The van der Waals surface area contributed by atoms with E-state index in [1.54, 1.807) is 6.92 Å². The summed E-state index contributed by atoms with van der Waals surface area (Å²) < 4.78 is 1.03. The maximum Gasteiger partial charge on any atom is 0.148 e. The lowest BCUT2D eigenvalue weighted by Crippen LogP contribution is -2.12. The van der Waals surface area contributed by atoms with E-state index in [1.165, 1.54) is 5.56 Å². The molecule has 2 heteroatoms. The highest BCUT2D eigenvalue weighted by molar-refractivity contribution is 9.10. The number of benzene rings is 2. The summed E-state index contributed by atoms with van der Waals surface area (Å²) in [5.41, 5.74) is 1.66. The van der Waals surface area contributed by atoms with E-state index in [2.05, 4.69) is 39.9 Å². The fraction of sp³-hybridized carbons (Fsp3) is 0.211. The molecule has 1 saturated carbocycles. The first kappa shape index (κ1) is 14.1. The molecule has 2 atom stereocenters. The number of rotatable bonds is 2. The molecule has 0 aromatic heterocycles. The molecular weight excluding hydrogens is 324 g/mol. The van der Waals surface area contributed by atoms with Crippen molar-refractivity contribution < 1.29 is 4.79 Å². The Labute approximate surface area is 133 Å². The van der Waals surface area contributed by atoms with E-state index >= 15 is 0 Å². The van der Waals surface area contributed by atoms with E-state index in [9.17, 15) is 4.79 Å². The Morgan fingerprint density at radius 1 is 1.14 bits per heavy atom. The molecule has 0 unspecified atom stereocenters. The standard InChI is InChI=1S/C19H15BrO/c1-14(21)19(12-11-15-7-9-17(20)10-8-15)13-18(19)16-5-3-2-4-6-16/h2-10,18H,13H2,1H3/t18-,19-/m0/s1. The molecule has 1 nitrogen and oxygen atoms in total. The van der Waals surface area contributed by atoms with E-state index < -0.39 is 5.41 Å². The molecule has 0 saturated heterocycles. The molecule has 0 heterocycles. The molecular formula is C19H15BrO. The predicted octanol–water partition coefficient (Wildman–Crippen LogP) is 4.56. The number of ketones is 1. The molecule has 0 amide bonds. The van der Waals surface area contributed by atoms with Gasteiger partial charge in [-0.05, 0) is 43.2 Å². The Kier molecular flexibility index (Phi) is 3.69. The smallest absolute Gasteiger partial charge is 0.148 e. The summed E-state index contributed by atoms with van der Waals surface area (Å²) in [6, 6.07) is 18.0. The van der Waals surface area contributed by atoms with Crippen LogP contribution in [0.25, 0.3) is 0 Å².